The first-order chi connectivity index (χ1) is 7.87. The van der Waals surface area contributed by atoms with Crippen LogP contribution in [-0.4, -0.2) is 12.1 Å². The molecule has 0 radical (unpaired) electrons. The Morgan fingerprint density at radius 2 is 1.76 bits per heavy atom. The smallest absolute Gasteiger partial charge is 0.00966 e. The predicted octanol–water partition coefficient (Wildman–Crippen LogP) is 3.82. The van der Waals surface area contributed by atoms with Gasteiger partial charge in [-0.05, 0) is 57.2 Å². The second kappa shape index (κ2) is 6.20. The number of hydrogen-bond donors (Lipinski definition) is 1. The van der Waals surface area contributed by atoms with E-state index in [1.165, 1.54) is 17.5 Å². The lowest BCUT2D eigenvalue weighted by Crippen LogP contribution is -2.37. The van der Waals surface area contributed by atoms with Crippen LogP contribution >= 0.6 is 0 Å². The van der Waals surface area contributed by atoms with Gasteiger partial charge >= 0.3 is 0 Å². The van der Waals surface area contributed by atoms with E-state index in [9.17, 15) is 0 Å². The largest absolute Gasteiger partial charge is 0.312 e. The van der Waals surface area contributed by atoms with Gasteiger partial charge < -0.3 is 5.32 Å². The van der Waals surface area contributed by atoms with E-state index >= 15 is 0 Å². The SMILES string of the molecule is CC(C)Cc1cccc(CCNC(C)(C)C)c1. The van der Waals surface area contributed by atoms with Crippen molar-refractivity contribution in [1.82, 2.24) is 5.32 Å². The first kappa shape index (κ1) is 14.2. The molecule has 0 unspecified atom stereocenters. The van der Waals surface area contributed by atoms with Crippen LogP contribution in [0.3, 0.4) is 0 Å². The maximum absolute atomic E-state index is 3.53. The van der Waals surface area contributed by atoms with E-state index in [-0.39, 0.29) is 5.54 Å². The Kier molecular flexibility index (Phi) is 5.20. The van der Waals surface area contributed by atoms with Gasteiger partial charge in [0, 0.05) is 5.54 Å². The third-order valence-corrected chi connectivity index (χ3v) is 2.70. The van der Waals surface area contributed by atoms with Gasteiger partial charge in [-0.2, -0.15) is 0 Å². The molecule has 0 saturated carbocycles. The number of nitrogens with one attached hydrogen (secondary N) is 1. The molecule has 1 N–H and O–H groups in total. The lowest BCUT2D eigenvalue weighted by atomic mass is 10.00. The van der Waals surface area contributed by atoms with Crippen LogP contribution in [-0.2, 0) is 12.8 Å². The van der Waals surface area contributed by atoms with E-state index < -0.39 is 0 Å². The molecule has 0 aliphatic carbocycles. The summed E-state index contributed by atoms with van der Waals surface area (Å²) in [5.41, 5.74) is 3.13. The van der Waals surface area contributed by atoms with Crippen LogP contribution in [0, 0.1) is 5.92 Å². The molecule has 0 fully saturated rings. The Bertz CT molecular complexity index is 334. The molecule has 0 aromatic heterocycles. The van der Waals surface area contributed by atoms with Crippen LogP contribution in [0.2, 0.25) is 0 Å². The molecule has 0 atom stereocenters. The summed E-state index contributed by atoms with van der Waals surface area (Å²) in [6, 6.07) is 9.00. The summed E-state index contributed by atoms with van der Waals surface area (Å²) in [6.07, 6.45) is 2.30. The second-order valence-electron chi connectivity index (χ2n) is 6.34. The van der Waals surface area contributed by atoms with Crippen molar-refractivity contribution in [3.63, 3.8) is 0 Å². The summed E-state index contributed by atoms with van der Waals surface area (Å²) in [5, 5.41) is 3.53. The first-order valence-electron chi connectivity index (χ1n) is 6.69. The van der Waals surface area contributed by atoms with Crippen LogP contribution in [0.15, 0.2) is 24.3 Å². The highest BCUT2D eigenvalue weighted by Gasteiger charge is 2.07. The van der Waals surface area contributed by atoms with Gasteiger partial charge in [0.1, 0.15) is 0 Å². The van der Waals surface area contributed by atoms with E-state index in [0.29, 0.717) is 0 Å². The number of benzene rings is 1. The molecule has 0 spiro atoms. The molecule has 1 aromatic rings. The quantitative estimate of drug-likeness (QED) is 0.815. The summed E-state index contributed by atoms with van der Waals surface area (Å²) in [5.74, 6) is 0.734. The Labute approximate surface area is 107 Å². The second-order valence-corrected chi connectivity index (χ2v) is 6.34. The molecule has 0 saturated heterocycles. The molecule has 1 nitrogen and oxygen atoms in total. The highest BCUT2D eigenvalue weighted by atomic mass is 14.9. The van der Waals surface area contributed by atoms with Crippen molar-refractivity contribution in [2.45, 2.75) is 53.0 Å². The molecule has 0 bridgehead atoms. The number of hydrogen-bond acceptors (Lipinski definition) is 1. The van der Waals surface area contributed by atoms with Crippen molar-refractivity contribution in [3.8, 4) is 0 Å². The van der Waals surface area contributed by atoms with E-state index in [0.717, 1.165) is 18.9 Å². The zero-order valence-corrected chi connectivity index (χ0v) is 12.0. The first-order valence-corrected chi connectivity index (χ1v) is 6.69. The molecule has 1 rings (SSSR count). The fourth-order valence-electron chi connectivity index (χ4n) is 1.97. The average Bonchev–Trinajstić information content (AvgIpc) is 2.15. The standard InChI is InChI=1S/C16H27N/c1-13(2)11-15-8-6-7-14(12-15)9-10-17-16(3,4)5/h6-8,12-13,17H,9-11H2,1-5H3. The van der Waals surface area contributed by atoms with Gasteiger partial charge in [0.25, 0.3) is 0 Å². The Hall–Kier alpha value is -0.820. The minimum Gasteiger partial charge on any atom is -0.312 e. The van der Waals surface area contributed by atoms with E-state index in [4.69, 9.17) is 0 Å². The Morgan fingerprint density at radius 3 is 2.35 bits per heavy atom. The molecule has 0 amide bonds. The number of rotatable bonds is 5. The van der Waals surface area contributed by atoms with Crippen LogP contribution < -0.4 is 5.32 Å². The van der Waals surface area contributed by atoms with Crippen molar-refractivity contribution in [2.24, 2.45) is 5.92 Å². The predicted molar refractivity (Wildman–Crippen MR) is 76.4 cm³/mol. The third kappa shape index (κ3) is 6.48. The van der Waals surface area contributed by atoms with Gasteiger partial charge in [0.15, 0.2) is 0 Å². The van der Waals surface area contributed by atoms with Gasteiger partial charge in [0.2, 0.25) is 0 Å². The maximum atomic E-state index is 3.53. The van der Waals surface area contributed by atoms with Crippen molar-refractivity contribution < 1.29 is 0 Å². The monoisotopic (exact) mass is 233 g/mol. The van der Waals surface area contributed by atoms with Crippen molar-refractivity contribution in [1.29, 1.82) is 0 Å². The summed E-state index contributed by atoms with van der Waals surface area (Å²) in [4.78, 5) is 0. The van der Waals surface area contributed by atoms with Crippen molar-refractivity contribution in [3.05, 3.63) is 35.4 Å². The normalized spacial score (nSPS) is 12.1. The Balaban J connectivity index is 2.48. The van der Waals surface area contributed by atoms with E-state index in [1.54, 1.807) is 0 Å². The topological polar surface area (TPSA) is 12.0 Å². The van der Waals surface area contributed by atoms with Crippen molar-refractivity contribution >= 4 is 0 Å². The summed E-state index contributed by atoms with van der Waals surface area (Å²) >= 11 is 0. The van der Waals surface area contributed by atoms with Crippen molar-refractivity contribution in [2.75, 3.05) is 6.54 Å². The molecule has 1 aromatic carbocycles. The minimum atomic E-state index is 0.218. The van der Waals surface area contributed by atoms with Crippen LogP contribution in [0.25, 0.3) is 0 Å². The van der Waals surface area contributed by atoms with E-state index in [2.05, 4.69) is 64.2 Å². The van der Waals surface area contributed by atoms with Gasteiger partial charge in [-0.25, -0.2) is 0 Å². The van der Waals surface area contributed by atoms with Gasteiger partial charge in [0.05, 0.1) is 0 Å². The maximum Gasteiger partial charge on any atom is 0.00966 e. The van der Waals surface area contributed by atoms with Gasteiger partial charge in [-0.1, -0.05) is 38.1 Å². The molecular formula is C16H27N. The molecule has 0 aliphatic heterocycles. The summed E-state index contributed by atoms with van der Waals surface area (Å²) in [7, 11) is 0. The van der Waals surface area contributed by atoms with Gasteiger partial charge in [-0.15, -0.1) is 0 Å². The molecule has 17 heavy (non-hydrogen) atoms. The Morgan fingerprint density at radius 1 is 1.12 bits per heavy atom. The lowest BCUT2D eigenvalue weighted by Gasteiger charge is -2.20. The molecule has 1 heteroatoms. The van der Waals surface area contributed by atoms with E-state index in [1.807, 2.05) is 0 Å². The molecule has 0 heterocycles. The minimum absolute atomic E-state index is 0.218. The fourth-order valence-corrected chi connectivity index (χ4v) is 1.97. The van der Waals surface area contributed by atoms with Gasteiger partial charge in [-0.3, -0.25) is 0 Å². The molecule has 96 valence electrons. The highest BCUT2D eigenvalue weighted by molar-refractivity contribution is 5.24. The van der Waals surface area contributed by atoms with Crippen LogP contribution in [0.1, 0.15) is 45.7 Å². The van der Waals surface area contributed by atoms with Crippen LogP contribution in [0.5, 0.6) is 0 Å². The van der Waals surface area contributed by atoms with Crippen LogP contribution in [0.4, 0.5) is 0 Å². The zero-order chi connectivity index (χ0) is 12.9. The summed E-state index contributed by atoms with van der Waals surface area (Å²) in [6.45, 7) is 12.2. The fraction of sp³-hybridized carbons (Fsp3) is 0.625. The highest BCUT2D eigenvalue weighted by Crippen LogP contribution is 2.11. The third-order valence-electron chi connectivity index (χ3n) is 2.70. The summed E-state index contributed by atoms with van der Waals surface area (Å²) < 4.78 is 0. The average molecular weight is 233 g/mol. The lowest BCUT2D eigenvalue weighted by molar-refractivity contribution is 0.429. The molecular weight excluding hydrogens is 206 g/mol. The zero-order valence-electron chi connectivity index (χ0n) is 12.0. The molecule has 0 aliphatic rings.